The number of piperazine rings is 1. The Balaban J connectivity index is 1.00. The molecule has 5 aromatic rings. The summed E-state index contributed by atoms with van der Waals surface area (Å²) in [4.78, 5) is 38.5. The fourth-order valence-corrected chi connectivity index (χ4v) is 11.6. The SMILES string of the molecule is CC(C)(C)OC(=O)NC[C@]1(C)CCC(c2ccc(Cl)cc2)=C(CN2CCN(c3ccc(C(=O)NS(=O)(=O)c4ccc(NCCCN5CCOCC5)c(S(=O)(=O)C(F)(F)F)c4)c(Oc4cnc5[nH]ccc5c4)c3)CC2)C1. The van der Waals surface area contributed by atoms with Crippen molar-refractivity contribution in [3.8, 4) is 11.5 Å². The number of H-pyrrole nitrogens is 1. The third-order valence-electron chi connectivity index (χ3n) is 13.4. The first-order valence-corrected chi connectivity index (χ1v) is 28.0. The van der Waals surface area contributed by atoms with E-state index in [-0.39, 0.29) is 29.0 Å². The number of hydrogen-bond acceptors (Lipinski definition) is 14. The number of carbonyl (C=O) groups excluding carboxylic acids is 2. The second-order valence-corrected chi connectivity index (χ2v) is 24.4. The second kappa shape index (κ2) is 22.7. The van der Waals surface area contributed by atoms with E-state index in [9.17, 15) is 39.6 Å². The van der Waals surface area contributed by atoms with Crippen LogP contribution in [0, 0.1) is 5.41 Å². The van der Waals surface area contributed by atoms with Gasteiger partial charge in [-0.2, -0.15) is 13.2 Å². The van der Waals surface area contributed by atoms with Crippen LogP contribution in [-0.2, 0) is 29.3 Å². The highest BCUT2D eigenvalue weighted by Gasteiger charge is 2.48. The molecule has 4 heterocycles. The number of allylic oxidation sites excluding steroid dienone is 1. The Labute approximate surface area is 440 Å². The highest BCUT2D eigenvalue weighted by atomic mass is 35.5. The predicted octanol–water partition coefficient (Wildman–Crippen LogP) is 8.85. The van der Waals surface area contributed by atoms with Crippen molar-refractivity contribution in [2.45, 2.75) is 74.3 Å². The minimum Gasteiger partial charge on any atom is -0.455 e. The molecule has 1 aliphatic carbocycles. The average molecular weight is 1100 g/mol. The number of aromatic nitrogens is 2. The van der Waals surface area contributed by atoms with Gasteiger partial charge in [-0.05, 0) is 124 Å². The molecule has 17 nitrogen and oxygen atoms in total. The van der Waals surface area contributed by atoms with Gasteiger partial charge in [0.05, 0.1) is 35.6 Å². The van der Waals surface area contributed by atoms with E-state index in [1.165, 1.54) is 23.4 Å². The van der Waals surface area contributed by atoms with Crippen LogP contribution in [0.3, 0.4) is 0 Å². The number of pyridine rings is 1. The van der Waals surface area contributed by atoms with E-state index in [1.807, 2.05) is 49.8 Å². The Bertz CT molecular complexity index is 3140. The lowest BCUT2D eigenvalue weighted by atomic mass is 9.71. The monoisotopic (exact) mass is 1100 g/mol. The summed E-state index contributed by atoms with van der Waals surface area (Å²) in [5, 5.41) is 7.05. The minimum atomic E-state index is -6.06. The first-order valence-electron chi connectivity index (χ1n) is 24.7. The molecule has 2 saturated heterocycles. The zero-order chi connectivity index (χ0) is 53.8. The molecule has 0 unspecified atom stereocenters. The number of nitrogens with one attached hydrogen (secondary N) is 4. The Morgan fingerprint density at radius 1 is 0.907 bits per heavy atom. The first kappa shape index (κ1) is 55.3. The van der Waals surface area contributed by atoms with Crippen molar-refractivity contribution in [3.05, 3.63) is 107 Å². The Morgan fingerprint density at radius 2 is 1.64 bits per heavy atom. The van der Waals surface area contributed by atoms with Crippen molar-refractivity contribution in [1.29, 1.82) is 0 Å². The van der Waals surface area contributed by atoms with E-state index in [0.29, 0.717) is 106 Å². The number of rotatable bonds is 17. The number of aromatic amines is 1. The number of benzene rings is 3. The van der Waals surface area contributed by atoms with Gasteiger partial charge in [-0.25, -0.2) is 31.3 Å². The summed E-state index contributed by atoms with van der Waals surface area (Å²) >= 11 is 6.28. The van der Waals surface area contributed by atoms with Gasteiger partial charge in [0, 0.05) is 87.3 Å². The van der Waals surface area contributed by atoms with Crippen LogP contribution in [-0.4, -0.2) is 138 Å². The number of halogens is 4. The average Bonchev–Trinajstić information content (AvgIpc) is 3.83. The van der Waals surface area contributed by atoms with Crippen LogP contribution < -0.4 is 25.0 Å². The zero-order valence-electron chi connectivity index (χ0n) is 42.2. The number of amides is 2. The maximum atomic E-state index is 14.1. The summed E-state index contributed by atoms with van der Waals surface area (Å²) in [6, 6.07) is 18.2. The van der Waals surface area contributed by atoms with E-state index < -0.39 is 58.4 Å². The maximum absolute atomic E-state index is 14.1. The molecular weight excluding hydrogens is 1040 g/mol. The van der Waals surface area contributed by atoms with Crippen molar-refractivity contribution in [1.82, 2.24) is 29.8 Å². The molecule has 8 rings (SSSR count). The maximum Gasteiger partial charge on any atom is 0.501 e. The molecule has 1 atom stereocenters. The largest absolute Gasteiger partial charge is 0.501 e. The number of carbonyl (C=O) groups is 2. The molecule has 3 aromatic carbocycles. The lowest BCUT2D eigenvalue weighted by Gasteiger charge is -2.41. The normalized spacial score (nSPS) is 18.5. The molecule has 75 heavy (non-hydrogen) atoms. The molecule has 0 bridgehead atoms. The number of alkyl halides is 3. The first-order chi connectivity index (χ1) is 35.4. The van der Waals surface area contributed by atoms with Gasteiger partial charge in [0.25, 0.3) is 25.8 Å². The summed E-state index contributed by atoms with van der Waals surface area (Å²) < 4.78 is 115. The van der Waals surface area contributed by atoms with Crippen LogP contribution >= 0.6 is 11.6 Å². The molecule has 4 N–H and O–H groups in total. The van der Waals surface area contributed by atoms with E-state index in [2.05, 4.69) is 42.2 Å². The number of morpholine rings is 1. The Kier molecular flexibility index (Phi) is 16.8. The number of fused-ring (bicyclic) bond motifs is 1. The van der Waals surface area contributed by atoms with Crippen molar-refractivity contribution >= 4 is 71.4 Å². The second-order valence-electron chi connectivity index (χ2n) is 20.3. The van der Waals surface area contributed by atoms with Gasteiger partial charge in [-0.1, -0.05) is 36.2 Å². The van der Waals surface area contributed by atoms with Crippen molar-refractivity contribution in [2.24, 2.45) is 5.41 Å². The molecule has 2 aliphatic heterocycles. The number of sulfone groups is 1. The number of hydrogen-bond donors (Lipinski definition) is 4. The highest BCUT2D eigenvalue weighted by molar-refractivity contribution is 7.92. The van der Waals surface area contributed by atoms with E-state index in [1.54, 1.807) is 30.5 Å². The van der Waals surface area contributed by atoms with Gasteiger partial charge in [0.1, 0.15) is 27.6 Å². The summed E-state index contributed by atoms with van der Waals surface area (Å²) in [7, 11) is -11.1. The van der Waals surface area contributed by atoms with Crippen LogP contribution in [0.5, 0.6) is 11.5 Å². The van der Waals surface area contributed by atoms with Crippen LogP contribution in [0.15, 0.2) is 101 Å². The third-order valence-corrected chi connectivity index (χ3v) is 16.5. The van der Waals surface area contributed by atoms with Gasteiger partial charge >= 0.3 is 11.6 Å². The van der Waals surface area contributed by atoms with Crippen molar-refractivity contribution in [2.75, 3.05) is 88.9 Å². The molecule has 23 heteroatoms. The zero-order valence-corrected chi connectivity index (χ0v) is 44.6. The number of sulfonamides is 1. The predicted molar refractivity (Wildman–Crippen MR) is 281 cm³/mol. The Hall–Kier alpha value is -5.91. The lowest BCUT2D eigenvalue weighted by molar-refractivity contribution is -0.0436. The van der Waals surface area contributed by atoms with Gasteiger partial charge in [0.15, 0.2) is 0 Å². The molecule has 0 saturated carbocycles. The van der Waals surface area contributed by atoms with Gasteiger partial charge < -0.3 is 34.7 Å². The molecule has 0 spiro atoms. The molecule has 2 aromatic heterocycles. The van der Waals surface area contributed by atoms with Crippen LogP contribution in [0.1, 0.15) is 69.3 Å². The smallest absolute Gasteiger partial charge is 0.455 e. The van der Waals surface area contributed by atoms with Gasteiger partial charge in [0.2, 0.25) is 0 Å². The van der Waals surface area contributed by atoms with Crippen LogP contribution in [0.25, 0.3) is 16.6 Å². The minimum absolute atomic E-state index is 0.0458. The third kappa shape index (κ3) is 13.9. The fourth-order valence-electron chi connectivity index (χ4n) is 9.48. The topological polar surface area (TPSA) is 205 Å². The van der Waals surface area contributed by atoms with Gasteiger partial charge in [-0.3, -0.25) is 14.6 Å². The standard InChI is InChI=1S/C52H62ClF3N8O9S2/c1-50(2,3)73-49(66)60-34-51(4)16-14-42(35-6-8-38(53)9-7-35)37(31-51)33-63-20-22-64(23-21-63)39-10-12-43(45(29-39)72-40-28-36-15-18-58-47(36)59-32-40)48(65)61-75(69,70)41-11-13-44(46(30-41)74(67,68)52(54,55)56)57-17-5-19-62-24-26-71-27-25-62/h6-13,15,18,28-30,32,57H,5,14,16-17,19-27,31,33-34H2,1-4H3,(H,58,59)(H,60,66)(H,61,65)/t51-/m1/s1. The molecule has 0 radical (unpaired) electrons. The summed E-state index contributed by atoms with van der Waals surface area (Å²) in [6.07, 6.45) is 5.52. The number of alkyl carbamates (subject to hydrolysis) is 1. The van der Waals surface area contributed by atoms with Gasteiger partial charge in [-0.15, -0.1) is 0 Å². The molecule has 2 fully saturated rings. The number of nitrogens with zero attached hydrogens (tertiary/aromatic N) is 4. The summed E-state index contributed by atoms with van der Waals surface area (Å²) in [6.45, 7) is 14.3. The summed E-state index contributed by atoms with van der Waals surface area (Å²) in [5.41, 5.74) is -2.44. The van der Waals surface area contributed by atoms with E-state index in [4.69, 9.17) is 25.8 Å². The molecule has 2 amide bonds. The van der Waals surface area contributed by atoms with E-state index >= 15 is 0 Å². The molecule has 404 valence electrons. The number of ether oxygens (including phenoxy) is 3. The van der Waals surface area contributed by atoms with Crippen LogP contribution in [0.2, 0.25) is 5.02 Å². The van der Waals surface area contributed by atoms with Crippen molar-refractivity contribution < 1.29 is 53.8 Å². The number of anilines is 2. The van der Waals surface area contributed by atoms with Crippen LogP contribution in [0.4, 0.5) is 29.3 Å². The lowest BCUT2D eigenvalue weighted by Crippen LogP contribution is -2.47. The van der Waals surface area contributed by atoms with E-state index in [0.717, 1.165) is 37.0 Å². The summed E-state index contributed by atoms with van der Waals surface area (Å²) in [5.74, 6) is -1.01. The fraction of sp³-hybridized carbons (Fsp3) is 0.442. The van der Waals surface area contributed by atoms with Crippen molar-refractivity contribution in [3.63, 3.8) is 0 Å². The molecule has 3 aliphatic rings. The quantitative estimate of drug-likeness (QED) is 0.0643. The highest BCUT2D eigenvalue weighted by Crippen LogP contribution is 2.44. The Morgan fingerprint density at radius 3 is 2.35 bits per heavy atom. The molecular formula is C52H62ClF3N8O9S2.